The van der Waals surface area contributed by atoms with Crippen molar-refractivity contribution in [2.24, 2.45) is 0 Å². The fourth-order valence-electron chi connectivity index (χ4n) is 3.69. The van der Waals surface area contributed by atoms with Crippen LogP contribution in [0.1, 0.15) is 16.7 Å². The van der Waals surface area contributed by atoms with Crippen LogP contribution in [-0.4, -0.2) is 25.4 Å². The van der Waals surface area contributed by atoms with Crippen LogP contribution in [0.25, 0.3) is 10.9 Å². The summed E-state index contributed by atoms with van der Waals surface area (Å²) in [5.74, 6) is -0.980. The third kappa shape index (κ3) is 5.30. The number of halogens is 1. The zero-order valence-corrected chi connectivity index (χ0v) is 18.8. The minimum atomic E-state index is -3.97. The molecule has 1 amide bonds. The Morgan fingerprint density at radius 1 is 1.00 bits per heavy atom. The maximum atomic E-state index is 14.0. The predicted molar refractivity (Wildman–Crippen MR) is 126 cm³/mol. The number of aryl methyl sites for hydroxylation is 1. The number of benzene rings is 3. The van der Waals surface area contributed by atoms with Crippen molar-refractivity contribution in [3.05, 3.63) is 102 Å². The topological polar surface area (TPSA) is 91.1 Å². The van der Waals surface area contributed by atoms with Gasteiger partial charge in [-0.15, -0.1) is 0 Å². The number of aromatic amines is 1. The molecule has 170 valence electrons. The Morgan fingerprint density at radius 2 is 1.76 bits per heavy atom. The van der Waals surface area contributed by atoms with E-state index in [4.69, 9.17) is 0 Å². The number of carbonyl (C=O) groups excluding carboxylic acids is 1. The number of sulfonamides is 1. The molecule has 33 heavy (non-hydrogen) atoms. The van der Waals surface area contributed by atoms with Gasteiger partial charge in [-0.2, -0.15) is 4.72 Å². The molecular formula is C25H24FN3O3S. The Balaban J connectivity index is 1.61. The maximum absolute atomic E-state index is 14.0. The highest BCUT2D eigenvalue weighted by Gasteiger charge is 2.27. The number of hydrogen-bond acceptors (Lipinski definition) is 3. The van der Waals surface area contributed by atoms with Crippen LogP contribution >= 0.6 is 0 Å². The molecule has 0 radical (unpaired) electrons. The first-order valence-corrected chi connectivity index (χ1v) is 12.0. The van der Waals surface area contributed by atoms with Crippen LogP contribution in [0.3, 0.4) is 0 Å². The molecule has 0 aliphatic carbocycles. The molecule has 1 atom stereocenters. The van der Waals surface area contributed by atoms with Crippen LogP contribution in [0.5, 0.6) is 0 Å². The van der Waals surface area contributed by atoms with E-state index in [1.54, 1.807) is 49.5 Å². The van der Waals surface area contributed by atoms with Crippen LogP contribution in [0, 0.1) is 12.7 Å². The molecule has 0 unspecified atom stereocenters. The van der Waals surface area contributed by atoms with Gasteiger partial charge >= 0.3 is 0 Å². The van der Waals surface area contributed by atoms with Gasteiger partial charge in [0.05, 0.1) is 4.90 Å². The second-order valence-electron chi connectivity index (χ2n) is 7.86. The van der Waals surface area contributed by atoms with E-state index >= 15 is 0 Å². The lowest BCUT2D eigenvalue weighted by molar-refractivity contribution is -0.122. The van der Waals surface area contributed by atoms with E-state index in [0.717, 1.165) is 22.0 Å². The standard InChI is InChI=1S/C25H24FN3O3S/c1-17-7-6-9-20(13-17)33(31,32)29-24(14-19-16-27-23-12-5-3-10-21(19)23)25(30)28-15-18-8-2-4-11-22(18)26/h2-13,16,24,27,29H,14-15H2,1H3,(H,28,30)/t24-/m1/s1. The van der Waals surface area contributed by atoms with Gasteiger partial charge in [-0.1, -0.05) is 48.5 Å². The van der Waals surface area contributed by atoms with Crippen molar-refractivity contribution in [3.8, 4) is 0 Å². The molecule has 4 rings (SSSR count). The summed E-state index contributed by atoms with van der Waals surface area (Å²) in [4.78, 5) is 16.3. The molecule has 3 N–H and O–H groups in total. The van der Waals surface area contributed by atoms with Gasteiger partial charge < -0.3 is 10.3 Å². The Bertz CT molecular complexity index is 1400. The molecule has 0 fully saturated rings. The predicted octanol–water partition coefficient (Wildman–Crippen LogP) is 3.82. The van der Waals surface area contributed by atoms with Crippen molar-refractivity contribution in [2.45, 2.75) is 30.8 Å². The second kappa shape index (κ2) is 9.56. The van der Waals surface area contributed by atoms with Crippen molar-refractivity contribution in [2.75, 3.05) is 0 Å². The summed E-state index contributed by atoms with van der Waals surface area (Å²) in [6.07, 6.45) is 1.89. The van der Waals surface area contributed by atoms with Crippen molar-refractivity contribution in [1.29, 1.82) is 0 Å². The summed E-state index contributed by atoms with van der Waals surface area (Å²) in [6, 6.07) is 19.1. The number of amides is 1. The molecule has 0 bridgehead atoms. The molecule has 6 nitrogen and oxygen atoms in total. The molecule has 0 aliphatic rings. The molecule has 1 aromatic heterocycles. The first-order valence-electron chi connectivity index (χ1n) is 10.5. The van der Waals surface area contributed by atoms with E-state index in [1.807, 2.05) is 24.3 Å². The summed E-state index contributed by atoms with van der Waals surface area (Å²) in [6.45, 7) is 1.74. The van der Waals surface area contributed by atoms with E-state index in [9.17, 15) is 17.6 Å². The highest BCUT2D eigenvalue weighted by Crippen LogP contribution is 2.20. The van der Waals surface area contributed by atoms with Crippen LogP contribution in [0.15, 0.2) is 83.9 Å². The summed E-state index contributed by atoms with van der Waals surface area (Å²) >= 11 is 0. The van der Waals surface area contributed by atoms with Gasteiger partial charge in [0.15, 0.2) is 0 Å². The van der Waals surface area contributed by atoms with Gasteiger partial charge in [-0.3, -0.25) is 4.79 Å². The third-order valence-corrected chi connectivity index (χ3v) is 6.89. The number of carbonyl (C=O) groups is 1. The number of H-pyrrole nitrogens is 1. The summed E-state index contributed by atoms with van der Waals surface area (Å²) in [5.41, 5.74) is 2.79. The fourth-order valence-corrected chi connectivity index (χ4v) is 4.99. The summed E-state index contributed by atoms with van der Waals surface area (Å²) in [7, 11) is -3.97. The highest BCUT2D eigenvalue weighted by molar-refractivity contribution is 7.89. The van der Waals surface area contributed by atoms with Crippen LogP contribution < -0.4 is 10.0 Å². The van der Waals surface area contributed by atoms with E-state index in [-0.39, 0.29) is 17.9 Å². The maximum Gasteiger partial charge on any atom is 0.241 e. The van der Waals surface area contributed by atoms with Gasteiger partial charge in [-0.05, 0) is 48.7 Å². The fraction of sp³-hybridized carbons (Fsp3) is 0.160. The second-order valence-corrected chi connectivity index (χ2v) is 9.58. The van der Waals surface area contributed by atoms with Crippen molar-refractivity contribution in [1.82, 2.24) is 15.0 Å². The Kier molecular flexibility index (Phi) is 6.57. The zero-order valence-electron chi connectivity index (χ0n) is 18.0. The largest absolute Gasteiger partial charge is 0.361 e. The van der Waals surface area contributed by atoms with Crippen molar-refractivity contribution >= 4 is 26.8 Å². The first kappa shape index (κ1) is 22.7. The van der Waals surface area contributed by atoms with Gasteiger partial charge in [0.1, 0.15) is 11.9 Å². The zero-order chi connectivity index (χ0) is 23.4. The monoisotopic (exact) mass is 465 g/mol. The number of hydrogen-bond donors (Lipinski definition) is 3. The van der Waals surface area contributed by atoms with Crippen LogP contribution in [0.2, 0.25) is 0 Å². The molecule has 0 spiro atoms. The SMILES string of the molecule is Cc1cccc(S(=O)(=O)N[C@H](Cc2c[nH]c3ccccc23)C(=O)NCc2ccccc2F)c1. The number of aromatic nitrogens is 1. The Morgan fingerprint density at radius 3 is 2.55 bits per heavy atom. The van der Waals surface area contributed by atoms with E-state index in [2.05, 4.69) is 15.0 Å². The van der Waals surface area contributed by atoms with Gasteiger partial charge in [0, 0.05) is 29.2 Å². The van der Waals surface area contributed by atoms with Crippen molar-refractivity contribution < 1.29 is 17.6 Å². The smallest absolute Gasteiger partial charge is 0.241 e. The lowest BCUT2D eigenvalue weighted by atomic mass is 10.0. The normalized spacial score (nSPS) is 12.5. The molecule has 4 aromatic rings. The molecule has 0 saturated heterocycles. The van der Waals surface area contributed by atoms with E-state index < -0.39 is 27.8 Å². The minimum absolute atomic E-state index is 0.0535. The van der Waals surface area contributed by atoms with Crippen LogP contribution in [-0.2, 0) is 27.8 Å². The average Bonchev–Trinajstić information content (AvgIpc) is 3.21. The Hall–Kier alpha value is -3.49. The highest BCUT2D eigenvalue weighted by atomic mass is 32.2. The number of para-hydroxylation sites is 1. The average molecular weight is 466 g/mol. The molecule has 8 heteroatoms. The summed E-state index contributed by atoms with van der Waals surface area (Å²) < 4.78 is 42.6. The number of fused-ring (bicyclic) bond motifs is 1. The Labute approximate surface area is 191 Å². The first-order chi connectivity index (χ1) is 15.8. The molecular weight excluding hydrogens is 441 g/mol. The van der Waals surface area contributed by atoms with Crippen LogP contribution in [0.4, 0.5) is 4.39 Å². The lowest BCUT2D eigenvalue weighted by Crippen LogP contribution is -2.47. The van der Waals surface area contributed by atoms with E-state index in [0.29, 0.717) is 5.56 Å². The number of rotatable bonds is 8. The molecule has 1 heterocycles. The minimum Gasteiger partial charge on any atom is -0.361 e. The molecule has 0 saturated carbocycles. The molecule has 0 aliphatic heterocycles. The van der Waals surface area contributed by atoms with E-state index in [1.165, 1.54) is 12.1 Å². The quantitative estimate of drug-likeness (QED) is 0.369. The lowest BCUT2D eigenvalue weighted by Gasteiger charge is -2.19. The van der Waals surface area contributed by atoms with Gasteiger partial charge in [-0.25, -0.2) is 12.8 Å². The van der Waals surface area contributed by atoms with Gasteiger partial charge in [0.25, 0.3) is 0 Å². The van der Waals surface area contributed by atoms with Gasteiger partial charge in [0.2, 0.25) is 15.9 Å². The molecule has 3 aromatic carbocycles. The summed E-state index contributed by atoms with van der Waals surface area (Å²) in [5, 5.41) is 3.57. The number of nitrogens with one attached hydrogen (secondary N) is 3. The third-order valence-electron chi connectivity index (χ3n) is 5.42. The van der Waals surface area contributed by atoms with Crippen molar-refractivity contribution in [3.63, 3.8) is 0 Å².